The smallest absolute Gasteiger partial charge is 0.135 e. The number of furan rings is 1. The molecule has 0 bridgehead atoms. The lowest BCUT2D eigenvalue weighted by molar-refractivity contribution is 0.603. The van der Waals surface area contributed by atoms with E-state index in [0.29, 0.717) is 0 Å². The second kappa shape index (κ2) is 15.0. The fraction of sp³-hybridized carbons (Fsp3) is 0.111. The Morgan fingerprint density at radius 1 is 0.750 bits per heavy atom. The number of nitrogens with zero attached hydrogens (tertiary/aromatic N) is 1. The van der Waals surface area contributed by atoms with Crippen LogP contribution in [0.3, 0.4) is 0 Å². The molecule has 3 heteroatoms. The van der Waals surface area contributed by atoms with E-state index >= 15 is 0 Å². The van der Waals surface area contributed by atoms with E-state index in [0.717, 1.165) is 45.8 Å². The standard InChI is InChI=1S/C45H41NOS/c1-6-11-12-16-36-31-48-45-28-21-35(29-41(36)45)34-19-24-38(25-20-34)46(37-22-17-33(18-23-37)32(13-7-2)14-8-3)39-26-27-44-42(30-39)40(15-9-4)43(10-5)47-44/h6-7,9-31H,5,8H2,1-4H3/b11-6-,13-7-,15-9-,16-12-,32-14+. The van der Waals surface area contributed by atoms with Gasteiger partial charge in [0.2, 0.25) is 0 Å². The first kappa shape index (κ1) is 32.6. The van der Waals surface area contributed by atoms with Crippen LogP contribution >= 0.6 is 11.3 Å². The minimum atomic E-state index is 0.780. The van der Waals surface area contributed by atoms with Crippen LogP contribution in [-0.4, -0.2) is 0 Å². The highest BCUT2D eigenvalue weighted by atomic mass is 32.1. The van der Waals surface area contributed by atoms with Crippen LogP contribution in [-0.2, 0) is 0 Å². The summed E-state index contributed by atoms with van der Waals surface area (Å²) in [6, 6.07) is 30.9. The van der Waals surface area contributed by atoms with Crippen LogP contribution in [0.4, 0.5) is 17.1 Å². The summed E-state index contributed by atoms with van der Waals surface area (Å²) in [5.74, 6) is 0.780. The highest BCUT2D eigenvalue weighted by molar-refractivity contribution is 7.17. The van der Waals surface area contributed by atoms with Crippen molar-refractivity contribution < 1.29 is 4.42 Å². The molecule has 0 saturated carbocycles. The Morgan fingerprint density at radius 2 is 1.48 bits per heavy atom. The van der Waals surface area contributed by atoms with E-state index in [1.165, 1.54) is 37.9 Å². The van der Waals surface area contributed by atoms with Gasteiger partial charge in [-0.3, -0.25) is 0 Å². The van der Waals surface area contributed by atoms with Gasteiger partial charge in [0.1, 0.15) is 11.3 Å². The molecule has 0 spiro atoms. The van der Waals surface area contributed by atoms with Gasteiger partial charge in [0.25, 0.3) is 0 Å². The number of fused-ring (bicyclic) bond motifs is 2. The third-order valence-corrected chi connectivity index (χ3v) is 9.37. The van der Waals surface area contributed by atoms with Gasteiger partial charge in [-0.15, -0.1) is 11.3 Å². The van der Waals surface area contributed by atoms with E-state index in [1.807, 2.05) is 26.0 Å². The zero-order valence-corrected chi connectivity index (χ0v) is 28.9. The molecule has 2 aromatic heterocycles. The number of thiophene rings is 1. The minimum absolute atomic E-state index is 0.780. The average molecular weight is 644 g/mol. The predicted molar refractivity (Wildman–Crippen MR) is 213 cm³/mol. The van der Waals surface area contributed by atoms with Crippen molar-refractivity contribution in [3.8, 4) is 11.1 Å². The van der Waals surface area contributed by atoms with Crippen molar-refractivity contribution in [2.24, 2.45) is 0 Å². The van der Waals surface area contributed by atoms with Gasteiger partial charge in [-0.2, -0.15) is 0 Å². The van der Waals surface area contributed by atoms with Crippen molar-refractivity contribution in [3.05, 3.63) is 162 Å². The first-order chi connectivity index (χ1) is 23.6. The number of hydrogen-bond acceptors (Lipinski definition) is 3. The summed E-state index contributed by atoms with van der Waals surface area (Å²) < 4.78 is 7.45. The number of hydrogen-bond donors (Lipinski definition) is 0. The van der Waals surface area contributed by atoms with E-state index in [4.69, 9.17) is 4.42 Å². The van der Waals surface area contributed by atoms with E-state index in [-0.39, 0.29) is 0 Å². The van der Waals surface area contributed by atoms with Gasteiger partial charge in [0, 0.05) is 38.1 Å². The van der Waals surface area contributed by atoms with Crippen molar-refractivity contribution in [1.29, 1.82) is 0 Å². The topological polar surface area (TPSA) is 16.4 Å². The first-order valence-corrected chi connectivity index (χ1v) is 17.4. The Labute approximate surface area is 288 Å². The molecular weight excluding hydrogens is 603 g/mol. The summed E-state index contributed by atoms with van der Waals surface area (Å²) in [5.41, 5.74) is 11.2. The lowest BCUT2D eigenvalue weighted by Gasteiger charge is -2.26. The van der Waals surface area contributed by atoms with Crippen LogP contribution in [0.15, 0.2) is 144 Å². The summed E-state index contributed by atoms with van der Waals surface area (Å²) in [5, 5.41) is 4.57. The summed E-state index contributed by atoms with van der Waals surface area (Å²) in [6.45, 7) is 12.3. The van der Waals surface area contributed by atoms with Crippen LogP contribution in [0.5, 0.6) is 0 Å². The molecule has 6 aromatic rings. The summed E-state index contributed by atoms with van der Waals surface area (Å²) in [7, 11) is 0. The molecule has 0 radical (unpaired) electrons. The Hall–Kier alpha value is -5.38. The normalized spacial score (nSPS) is 12.5. The fourth-order valence-electron chi connectivity index (χ4n) is 6.12. The second-order valence-corrected chi connectivity index (χ2v) is 12.5. The molecule has 48 heavy (non-hydrogen) atoms. The van der Waals surface area contributed by atoms with Crippen molar-refractivity contribution in [3.63, 3.8) is 0 Å². The maximum Gasteiger partial charge on any atom is 0.135 e. The highest BCUT2D eigenvalue weighted by Crippen LogP contribution is 2.40. The van der Waals surface area contributed by atoms with Crippen molar-refractivity contribution in [2.75, 3.05) is 4.90 Å². The van der Waals surface area contributed by atoms with Gasteiger partial charge in [0.05, 0.1) is 0 Å². The summed E-state index contributed by atoms with van der Waals surface area (Å²) in [4.78, 5) is 2.32. The highest BCUT2D eigenvalue weighted by Gasteiger charge is 2.17. The van der Waals surface area contributed by atoms with E-state index < -0.39 is 0 Å². The summed E-state index contributed by atoms with van der Waals surface area (Å²) in [6.07, 6.45) is 21.9. The molecule has 0 amide bonds. The van der Waals surface area contributed by atoms with E-state index in [2.05, 4.69) is 158 Å². The Bertz CT molecular complexity index is 2200. The molecule has 0 aliphatic rings. The molecule has 0 fully saturated rings. The quantitative estimate of drug-likeness (QED) is 0.131. The van der Waals surface area contributed by atoms with Gasteiger partial charge >= 0.3 is 0 Å². The SMILES string of the molecule is C=Cc1oc2ccc(N(c3ccc(C(/C=C\C)=C/CC)cc3)c3ccc(-c4ccc5scc(/C=C\C=C/C)c5c4)cc3)cc2c1/C=C\C. The maximum absolute atomic E-state index is 6.15. The van der Waals surface area contributed by atoms with Gasteiger partial charge in [-0.05, 0) is 121 Å². The molecule has 0 saturated heterocycles. The summed E-state index contributed by atoms with van der Waals surface area (Å²) >= 11 is 1.79. The first-order valence-electron chi connectivity index (χ1n) is 16.5. The molecule has 6 rings (SSSR count). The zero-order chi connectivity index (χ0) is 33.5. The third-order valence-electron chi connectivity index (χ3n) is 8.39. The molecule has 2 nitrogen and oxygen atoms in total. The number of benzene rings is 4. The molecule has 0 aliphatic carbocycles. The maximum atomic E-state index is 6.15. The lowest BCUT2D eigenvalue weighted by Crippen LogP contribution is -2.10. The van der Waals surface area contributed by atoms with Gasteiger partial charge in [-0.25, -0.2) is 0 Å². The van der Waals surface area contributed by atoms with E-state index in [9.17, 15) is 0 Å². The van der Waals surface area contributed by atoms with Crippen LogP contribution in [0, 0.1) is 0 Å². The van der Waals surface area contributed by atoms with Crippen molar-refractivity contribution >= 4 is 73.3 Å². The minimum Gasteiger partial charge on any atom is -0.456 e. The molecule has 0 atom stereocenters. The molecule has 0 N–H and O–H groups in total. The van der Waals surface area contributed by atoms with Crippen molar-refractivity contribution in [2.45, 2.75) is 34.1 Å². The molecule has 2 heterocycles. The Morgan fingerprint density at radius 3 is 2.17 bits per heavy atom. The number of anilines is 3. The monoisotopic (exact) mass is 643 g/mol. The Kier molecular flexibility index (Phi) is 10.2. The number of allylic oxidation sites excluding steroid dienone is 8. The van der Waals surface area contributed by atoms with Gasteiger partial charge in [0.15, 0.2) is 0 Å². The lowest BCUT2D eigenvalue weighted by atomic mass is 10.0. The predicted octanol–water partition coefficient (Wildman–Crippen LogP) is 14.4. The average Bonchev–Trinajstić information content (AvgIpc) is 3.69. The van der Waals surface area contributed by atoms with E-state index in [1.54, 1.807) is 17.4 Å². The van der Waals surface area contributed by atoms with Crippen LogP contribution in [0.25, 0.3) is 56.0 Å². The number of rotatable bonds is 11. The van der Waals surface area contributed by atoms with Crippen molar-refractivity contribution in [1.82, 2.24) is 0 Å². The van der Waals surface area contributed by atoms with Gasteiger partial charge in [-0.1, -0.05) is 98.5 Å². The third kappa shape index (κ3) is 6.69. The van der Waals surface area contributed by atoms with Crippen LogP contribution in [0.1, 0.15) is 56.6 Å². The second-order valence-electron chi connectivity index (χ2n) is 11.5. The molecule has 4 aromatic carbocycles. The molecule has 0 unspecified atom stereocenters. The van der Waals surface area contributed by atoms with Crippen LogP contribution < -0.4 is 4.90 Å². The molecular formula is C45H41NOS. The zero-order valence-electron chi connectivity index (χ0n) is 28.1. The molecule has 0 aliphatic heterocycles. The molecule has 238 valence electrons. The van der Waals surface area contributed by atoms with Crippen LogP contribution in [0.2, 0.25) is 0 Å². The largest absolute Gasteiger partial charge is 0.456 e. The fourth-order valence-corrected chi connectivity index (χ4v) is 7.03. The van der Waals surface area contributed by atoms with Gasteiger partial charge < -0.3 is 9.32 Å². The Balaban J connectivity index is 1.44.